The Hall–Kier alpha value is -3.71. The standard InChI is InChI=1S/C26H24N2O4S/c1-3-18-9-15-21(16-10-18)33(30,31)28-24-17-25(26(29)23-8-6-5-7-22(23)24)27-19-11-13-20(14-12-19)32-4-2/h5-17,27H,3-4H2,1-2H3/b28-24-. The van der Waals surface area contributed by atoms with Crippen LogP contribution in [-0.2, 0) is 16.4 Å². The average Bonchev–Trinajstić information content (AvgIpc) is 2.83. The van der Waals surface area contributed by atoms with E-state index in [1.54, 1.807) is 72.8 Å². The van der Waals surface area contributed by atoms with E-state index in [9.17, 15) is 13.2 Å². The molecule has 1 aliphatic rings. The van der Waals surface area contributed by atoms with Crippen molar-refractivity contribution in [3.63, 3.8) is 0 Å². The molecule has 0 spiro atoms. The first-order chi connectivity index (χ1) is 15.9. The first-order valence-electron chi connectivity index (χ1n) is 10.7. The van der Waals surface area contributed by atoms with Crippen LogP contribution in [0.2, 0.25) is 0 Å². The summed E-state index contributed by atoms with van der Waals surface area (Å²) in [5.74, 6) is 0.489. The van der Waals surface area contributed by atoms with E-state index in [4.69, 9.17) is 4.74 Å². The number of ether oxygens (including phenoxy) is 1. The van der Waals surface area contributed by atoms with Gasteiger partial charge >= 0.3 is 0 Å². The van der Waals surface area contributed by atoms with Gasteiger partial charge in [0.1, 0.15) is 5.75 Å². The van der Waals surface area contributed by atoms with Crippen LogP contribution in [-0.4, -0.2) is 26.5 Å². The largest absolute Gasteiger partial charge is 0.494 e. The number of carbonyl (C=O) groups excluding carboxylic acids is 1. The van der Waals surface area contributed by atoms with Gasteiger partial charge in [0.25, 0.3) is 10.0 Å². The van der Waals surface area contributed by atoms with Crippen LogP contribution in [0.4, 0.5) is 5.69 Å². The highest BCUT2D eigenvalue weighted by Gasteiger charge is 2.26. The second-order valence-electron chi connectivity index (χ2n) is 7.46. The molecule has 0 unspecified atom stereocenters. The van der Waals surface area contributed by atoms with Gasteiger partial charge in [0.15, 0.2) is 0 Å². The van der Waals surface area contributed by atoms with Crippen LogP contribution in [0.1, 0.15) is 35.3 Å². The minimum Gasteiger partial charge on any atom is -0.494 e. The quantitative estimate of drug-likeness (QED) is 0.535. The molecular formula is C26H24N2O4S. The van der Waals surface area contributed by atoms with Gasteiger partial charge in [0.05, 0.1) is 22.9 Å². The Labute approximate surface area is 193 Å². The van der Waals surface area contributed by atoms with Crippen LogP contribution >= 0.6 is 0 Å². The zero-order valence-corrected chi connectivity index (χ0v) is 19.2. The molecule has 0 heterocycles. The molecule has 3 aromatic carbocycles. The zero-order chi connectivity index (χ0) is 23.4. The third-order valence-corrected chi connectivity index (χ3v) is 6.57. The van der Waals surface area contributed by atoms with E-state index in [2.05, 4.69) is 9.71 Å². The number of hydrogen-bond acceptors (Lipinski definition) is 5. The summed E-state index contributed by atoms with van der Waals surface area (Å²) in [7, 11) is -3.97. The molecule has 7 heteroatoms. The Bertz CT molecular complexity index is 1340. The smallest absolute Gasteiger partial charge is 0.282 e. The van der Waals surface area contributed by atoms with E-state index >= 15 is 0 Å². The number of allylic oxidation sites excluding steroid dienone is 2. The summed E-state index contributed by atoms with van der Waals surface area (Å²) in [6, 6.07) is 20.7. The van der Waals surface area contributed by atoms with Crippen LogP contribution in [0.25, 0.3) is 0 Å². The molecule has 0 aromatic heterocycles. The fourth-order valence-electron chi connectivity index (χ4n) is 3.53. The number of rotatable bonds is 7. The van der Waals surface area contributed by atoms with Crippen molar-refractivity contribution >= 4 is 27.2 Å². The molecule has 0 amide bonds. The van der Waals surface area contributed by atoms with Gasteiger partial charge in [-0.3, -0.25) is 4.79 Å². The zero-order valence-electron chi connectivity index (χ0n) is 18.4. The third-order valence-electron chi connectivity index (χ3n) is 5.27. The number of anilines is 1. The number of benzene rings is 3. The van der Waals surface area contributed by atoms with Gasteiger partial charge in [-0.05, 0) is 61.4 Å². The molecule has 0 atom stereocenters. The third kappa shape index (κ3) is 4.88. The van der Waals surface area contributed by atoms with Crippen LogP contribution in [0.3, 0.4) is 0 Å². The molecule has 0 aliphatic heterocycles. The Kier molecular flexibility index (Phi) is 6.42. The van der Waals surface area contributed by atoms with Crippen molar-refractivity contribution in [1.29, 1.82) is 0 Å². The fraction of sp³-hybridized carbons (Fsp3) is 0.154. The predicted molar refractivity (Wildman–Crippen MR) is 130 cm³/mol. The molecule has 33 heavy (non-hydrogen) atoms. The fourth-order valence-corrected chi connectivity index (χ4v) is 4.53. The molecule has 0 saturated carbocycles. The first kappa shape index (κ1) is 22.5. The lowest BCUT2D eigenvalue weighted by atomic mass is 9.92. The van der Waals surface area contributed by atoms with E-state index in [0.29, 0.717) is 23.4 Å². The predicted octanol–water partition coefficient (Wildman–Crippen LogP) is 5.02. The number of sulfonamides is 1. The van der Waals surface area contributed by atoms with Gasteiger partial charge in [0.2, 0.25) is 5.78 Å². The number of fused-ring (bicyclic) bond motifs is 1. The maximum atomic E-state index is 13.1. The lowest BCUT2D eigenvalue weighted by Gasteiger charge is -2.19. The van der Waals surface area contributed by atoms with Crippen molar-refractivity contribution < 1.29 is 17.9 Å². The molecule has 4 rings (SSSR count). The van der Waals surface area contributed by atoms with Crippen molar-refractivity contribution in [2.45, 2.75) is 25.2 Å². The minimum atomic E-state index is -3.97. The highest BCUT2D eigenvalue weighted by molar-refractivity contribution is 7.90. The summed E-state index contributed by atoms with van der Waals surface area (Å²) < 4.78 is 35.6. The second-order valence-corrected chi connectivity index (χ2v) is 9.07. The Morgan fingerprint density at radius 1 is 0.879 bits per heavy atom. The minimum absolute atomic E-state index is 0.107. The number of hydrogen-bond donors (Lipinski definition) is 1. The van der Waals surface area contributed by atoms with Gasteiger partial charge in [-0.1, -0.05) is 43.3 Å². The molecule has 6 nitrogen and oxygen atoms in total. The Morgan fingerprint density at radius 3 is 2.18 bits per heavy atom. The first-order valence-corrected chi connectivity index (χ1v) is 12.1. The monoisotopic (exact) mass is 460 g/mol. The molecular weight excluding hydrogens is 436 g/mol. The van der Waals surface area contributed by atoms with Gasteiger partial charge in [-0.15, -0.1) is 0 Å². The van der Waals surface area contributed by atoms with Crippen LogP contribution < -0.4 is 10.1 Å². The van der Waals surface area contributed by atoms with Crippen LogP contribution in [0, 0.1) is 0 Å². The van der Waals surface area contributed by atoms with Gasteiger partial charge in [-0.2, -0.15) is 12.8 Å². The second kappa shape index (κ2) is 9.42. The summed E-state index contributed by atoms with van der Waals surface area (Å²) >= 11 is 0. The van der Waals surface area contributed by atoms with E-state index in [1.165, 1.54) is 6.08 Å². The maximum Gasteiger partial charge on any atom is 0.282 e. The van der Waals surface area contributed by atoms with Crippen molar-refractivity contribution in [2.24, 2.45) is 4.40 Å². The molecule has 0 fully saturated rings. The van der Waals surface area contributed by atoms with Crippen LogP contribution in [0.5, 0.6) is 5.75 Å². The van der Waals surface area contributed by atoms with E-state index < -0.39 is 10.0 Å². The van der Waals surface area contributed by atoms with E-state index in [1.807, 2.05) is 13.8 Å². The van der Waals surface area contributed by atoms with Crippen molar-refractivity contribution in [2.75, 3.05) is 11.9 Å². The van der Waals surface area contributed by atoms with Crippen molar-refractivity contribution in [1.82, 2.24) is 0 Å². The number of carbonyl (C=O) groups is 1. The molecule has 3 aromatic rings. The molecule has 1 aliphatic carbocycles. The summed E-state index contributed by atoms with van der Waals surface area (Å²) in [5.41, 5.74) is 3.04. The van der Waals surface area contributed by atoms with E-state index in [-0.39, 0.29) is 22.1 Å². The van der Waals surface area contributed by atoms with E-state index in [0.717, 1.165) is 17.7 Å². The SMILES string of the molecule is CCOc1ccc(NC2=C/C(=N/S(=O)(=O)c3ccc(CC)cc3)c3ccccc3C2=O)cc1. The number of nitrogens with zero attached hydrogens (tertiary/aromatic N) is 1. The molecule has 0 saturated heterocycles. The van der Waals surface area contributed by atoms with Gasteiger partial charge < -0.3 is 10.1 Å². The van der Waals surface area contributed by atoms with Crippen molar-refractivity contribution in [3.05, 3.63) is 101 Å². The molecule has 0 bridgehead atoms. The lowest BCUT2D eigenvalue weighted by molar-refractivity contribution is 0.103. The van der Waals surface area contributed by atoms with Gasteiger partial charge in [-0.25, -0.2) is 0 Å². The molecule has 1 N–H and O–H groups in total. The molecule has 0 radical (unpaired) electrons. The van der Waals surface area contributed by atoms with Crippen LogP contribution in [0.15, 0.2) is 93.9 Å². The Morgan fingerprint density at radius 2 is 1.55 bits per heavy atom. The number of aryl methyl sites for hydroxylation is 1. The van der Waals surface area contributed by atoms with Crippen molar-refractivity contribution in [3.8, 4) is 5.75 Å². The maximum absolute atomic E-state index is 13.1. The summed E-state index contributed by atoms with van der Waals surface area (Å²) in [5, 5.41) is 3.09. The average molecular weight is 461 g/mol. The summed E-state index contributed by atoms with van der Waals surface area (Å²) in [6.07, 6.45) is 2.30. The normalized spacial score (nSPS) is 14.5. The Balaban J connectivity index is 1.73. The number of nitrogens with one attached hydrogen (secondary N) is 1. The summed E-state index contributed by atoms with van der Waals surface area (Å²) in [4.78, 5) is 13.2. The number of Topliss-reactive ketones (excluding diaryl/α,β-unsaturated/α-hetero) is 1. The molecule has 168 valence electrons. The highest BCUT2D eigenvalue weighted by atomic mass is 32.2. The summed E-state index contributed by atoms with van der Waals surface area (Å²) in [6.45, 7) is 4.47. The van der Waals surface area contributed by atoms with Gasteiger partial charge in [0, 0.05) is 16.8 Å². The number of ketones is 1. The lowest BCUT2D eigenvalue weighted by Crippen LogP contribution is -2.22. The highest BCUT2D eigenvalue weighted by Crippen LogP contribution is 2.26. The topological polar surface area (TPSA) is 84.8 Å².